The van der Waals surface area contributed by atoms with E-state index in [4.69, 9.17) is 0 Å². The van der Waals surface area contributed by atoms with Crippen LogP contribution in [0, 0.1) is 5.92 Å². The van der Waals surface area contributed by atoms with Crippen LogP contribution >= 0.6 is 0 Å². The second kappa shape index (κ2) is 5.37. The van der Waals surface area contributed by atoms with E-state index in [0.29, 0.717) is 11.1 Å². The Balaban J connectivity index is 5.55. The van der Waals surface area contributed by atoms with Crippen LogP contribution in [0.3, 0.4) is 0 Å². The minimum Gasteiger partial charge on any atom is -0.247 e. The molecule has 0 amide bonds. The van der Waals surface area contributed by atoms with Gasteiger partial charge in [-0.1, -0.05) is 30.4 Å². The molecule has 0 aromatic rings. The molecule has 3 heteroatoms. The van der Waals surface area contributed by atoms with Crippen LogP contribution in [0.5, 0.6) is 0 Å². The first-order valence-corrected chi connectivity index (χ1v) is 5.13. The fourth-order valence-electron chi connectivity index (χ4n) is 1.96. The van der Waals surface area contributed by atoms with Crippen LogP contribution in [0.15, 0.2) is 36.0 Å². The molecule has 0 aliphatic carbocycles. The Hall–Kier alpha value is -0.990. The molecule has 0 heterocycles. The molecular formula is C13H19F3. The normalized spacial score (nSPS) is 17.4. The quantitative estimate of drug-likeness (QED) is 0.476. The highest BCUT2D eigenvalue weighted by molar-refractivity contribution is 5.34. The van der Waals surface area contributed by atoms with Gasteiger partial charge in [-0.3, -0.25) is 0 Å². The summed E-state index contributed by atoms with van der Waals surface area (Å²) in [5.74, 6) is -3.69. The summed E-state index contributed by atoms with van der Waals surface area (Å²) in [4.78, 5) is 0. The van der Waals surface area contributed by atoms with Gasteiger partial charge in [0, 0.05) is 18.4 Å². The van der Waals surface area contributed by atoms with E-state index in [-0.39, 0.29) is 5.57 Å². The molecule has 0 radical (unpaired) electrons. The Morgan fingerprint density at radius 1 is 1.31 bits per heavy atom. The highest BCUT2D eigenvalue weighted by Gasteiger charge is 2.31. The number of hydrogen-bond donors (Lipinski definition) is 0. The third kappa shape index (κ3) is 3.54. The van der Waals surface area contributed by atoms with Gasteiger partial charge in [0.1, 0.15) is 6.17 Å². The number of hydrogen-bond acceptors (Lipinski definition) is 0. The first kappa shape index (κ1) is 15.0. The lowest BCUT2D eigenvalue weighted by Gasteiger charge is -2.24. The summed E-state index contributed by atoms with van der Waals surface area (Å²) in [5, 5.41) is 0. The molecule has 16 heavy (non-hydrogen) atoms. The molecule has 0 rings (SSSR count). The molecule has 0 bridgehead atoms. The van der Waals surface area contributed by atoms with Gasteiger partial charge in [0.25, 0.3) is 5.92 Å². The molecule has 0 aromatic carbocycles. The van der Waals surface area contributed by atoms with Crippen molar-refractivity contribution in [2.24, 2.45) is 5.92 Å². The van der Waals surface area contributed by atoms with Crippen molar-refractivity contribution in [2.75, 3.05) is 0 Å². The molecule has 2 unspecified atom stereocenters. The Kier molecular flexibility index (Phi) is 5.04. The standard InChI is InChI=1S/C13H19F3/c1-7-11(13(6,15)16)9(4)12(8(2)3)10(5)14/h7,10,12H,1-2H2,3-6H3/b11-9+. The van der Waals surface area contributed by atoms with E-state index in [0.717, 1.165) is 13.0 Å². The highest BCUT2D eigenvalue weighted by atomic mass is 19.3. The van der Waals surface area contributed by atoms with Crippen LogP contribution in [0.25, 0.3) is 0 Å². The topological polar surface area (TPSA) is 0 Å². The summed E-state index contributed by atoms with van der Waals surface area (Å²) < 4.78 is 39.9. The molecule has 0 aliphatic rings. The average Bonchev–Trinajstić information content (AvgIpc) is 1.99. The van der Waals surface area contributed by atoms with Crippen LogP contribution in [0.4, 0.5) is 13.2 Å². The van der Waals surface area contributed by atoms with Gasteiger partial charge in [-0.15, -0.1) is 0 Å². The van der Waals surface area contributed by atoms with Crippen molar-refractivity contribution >= 4 is 0 Å². The van der Waals surface area contributed by atoms with Crippen molar-refractivity contribution in [1.82, 2.24) is 0 Å². The largest absolute Gasteiger partial charge is 0.270 e. The zero-order valence-electron chi connectivity index (χ0n) is 10.3. The van der Waals surface area contributed by atoms with Crippen molar-refractivity contribution in [2.45, 2.75) is 39.8 Å². The van der Waals surface area contributed by atoms with Gasteiger partial charge < -0.3 is 0 Å². The third-order valence-corrected chi connectivity index (χ3v) is 2.56. The van der Waals surface area contributed by atoms with Crippen LogP contribution in [-0.2, 0) is 0 Å². The first-order valence-electron chi connectivity index (χ1n) is 5.13. The second-order valence-corrected chi connectivity index (χ2v) is 4.19. The smallest absolute Gasteiger partial charge is 0.247 e. The summed E-state index contributed by atoms with van der Waals surface area (Å²) in [6.07, 6.45) is -0.150. The van der Waals surface area contributed by atoms with E-state index in [1.165, 1.54) is 13.8 Å². The van der Waals surface area contributed by atoms with Gasteiger partial charge in [0.05, 0.1) is 0 Å². The van der Waals surface area contributed by atoms with Crippen LogP contribution in [0.2, 0.25) is 0 Å². The Bertz CT molecular complexity index is 306. The van der Waals surface area contributed by atoms with Crippen molar-refractivity contribution in [3.63, 3.8) is 0 Å². The maximum atomic E-state index is 13.4. The number of alkyl halides is 3. The van der Waals surface area contributed by atoms with Crippen molar-refractivity contribution < 1.29 is 13.2 Å². The van der Waals surface area contributed by atoms with Gasteiger partial charge >= 0.3 is 0 Å². The van der Waals surface area contributed by atoms with Crippen molar-refractivity contribution in [1.29, 1.82) is 0 Å². The monoisotopic (exact) mass is 232 g/mol. The van der Waals surface area contributed by atoms with Crippen molar-refractivity contribution in [3.8, 4) is 0 Å². The minimum atomic E-state index is -3.01. The van der Waals surface area contributed by atoms with E-state index in [9.17, 15) is 13.2 Å². The lowest BCUT2D eigenvalue weighted by atomic mass is 9.85. The number of allylic oxidation sites excluding steroid dienone is 4. The van der Waals surface area contributed by atoms with E-state index < -0.39 is 18.0 Å². The molecule has 0 N–H and O–H groups in total. The maximum absolute atomic E-state index is 13.4. The molecule has 0 nitrogen and oxygen atoms in total. The number of rotatable bonds is 5. The minimum absolute atomic E-state index is 0.218. The van der Waals surface area contributed by atoms with Crippen LogP contribution < -0.4 is 0 Å². The predicted octanol–water partition coefficient (Wildman–Crippen LogP) is 4.69. The Morgan fingerprint density at radius 3 is 1.94 bits per heavy atom. The lowest BCUT2D eigenvalue weighted by molar-refractivity contribution is 0.0653. The van der Waals surface area contributed by atoms with Gasteiger partial charge in [0.15, 0.2) is 0 Å². The first-order chi connectivity index (χ1) is 7.12. The predicted molar refractivity (Wildman–Crippen MR) is 62.4 cm³/mol. The zero-order chi connectivity index (χ0) is 13.1. The Labute approximate surface area is 95.5 Å². The molecule has 0 saturated heterocycles. The highest BCUT2D eigenvalue weighted by Crippen LogP contribution is 2.34. The molecule has 0 spiro atoms. The summed E-state index contributed by atoms with van der Waals surface area (Å²) in [7, 11) is 0. The van der Waals surface area contributed by atoms with Gasteiger partial charge in [-0.25, -0.2) is 13.2 Å². The summed E-state index contributed by atoms with van der Waals surface area (Å²) in [6.45, 7) is 12.3. The SMILES string of the molecule is C=C/C(=C(/C)C(C(=C)C)C(C)F)C(C)(F)F. The molecule has 0 aliphatic heterocycles. The van der Waals surface area contributed by atoms with E-state index in [2.05, 4.69) is 13.2 Å². The summed E-state index contributed by atoms with van der Waals surface area (Å²) >= 11 is 0. The summed E-state index contributed by atoms with van der Waals surface area (Å²) in [6, 6.07) is 0. The molecule has 2 atom stereocenters. The second-order valence-electron chi connectivity index (χ2n) is 4.19. The van der Waals surface area contributed by atoms with Crippen LogP contribution in [0.1, 0.15) is 27.7 Å². The van der Waals surface area contributed by atoms with Crippen LogP contribution in [-0.4, -0.2) is 12.1 Å². The third-order valence-electron chi connectivity index (χ3n) is 2.56. The van der Waals surface area contributed by atoms with E-state index in [1.807, 2.05) is 0 Å². The van der Waals surface area contributed by atoms with Crippen molar-refractivity contribution in [3.05, 3.63) is 36.0 Å². The van der Waals surface area contributed by atoms with Gasteiger partial charge in [-0.05, 0) is 20.8 Å². The lowest BCUT2D eigenvalue weighted by Crippen LogP contribution is -2.21. The van der Waals surface area contributed by atoms with E-state index >= 15 is 0 Å². The zero-order valence-corrected chi connectivity index (χ0v) is 10.3. The molecule has 0 saturated carbocycles. The van der Waals surface area contributed by atoms with E-state index in [1.54, 1.807) is 6.92 Å². The van der Waals surface area contributed by atoms with Gasteiger partial charge in [-0.2, -0.15) is 0 Å². The Morgan fingerprint density at radius 2 is 1.75 bits per heavy atom. The molecule has 0 fully saturated rings. The molecule has 92 valence electrons. The fraction of sp³-hybridized carbons (Fsp3) is 0.538. The summed E-state index contributed by atoms with van der Waals surface area (Å²) in [5.41, 5.74) is 0.617. The number of halogens is 3. The molecular weight excluding hydrogens is 213 g/mol. The van der Waals surface area contributed by atoms with Gasteiger partial charge in [0.2, 0.25) is 0 Å². The maximum Gasteiger partial charge on any atom is 0.270 e. The molecule has 0 aromatic heterocycles. The average molecular weight is 232 g/mol. The fourth-order valence-corrected chi connectivity index (χ4v) is 1.96.